The van der Waals surface area contributed by atoms with Crippen molar-refractivity contribution in [2.45, 2.75) is 19.4 Å². The number of amides is 1. The van der Waals surface area contributed by atoms with Crippen molar-refractivity contribution in [2.24, 2.45) is 0 Å². The van der Waals surface area contributed by atoms with Gasteiger partial charge in [-0.2, -0.15) is 4.98 Å². The first-order chi connectivity index (χ1) is 18.8. The van der Waals surface area contributed by atoms with E-state index >= 15 is 0 Å². The highest BCUT2D eigenvalue weighted by atomic mass is 19.2. The van der Waals surface area contributed by atoms with E-state index in [1.54, 1.807) is 12.1 Å². The van der Waals surface area contributed by atoms with Crippen LogP contribution in [-0.4, -0.2) is 72.2 Å². The lowest BCUT2D eigenvalue weighted by Gasteiger charge is -2.26. The van der Waals surface area contributed by atoms with E-state index in [1.165, 1.54) is 33.4 Å². The van der Waals surface area contributed by atoms with Gasteiger partial charge < -0.3 is 35.6 Å². The highest BCUT2D eigenvalue weighted by molar-refractivity contribution is 6.02. The average Bonchev–Trinajstić information content (AvgIpc) is 2.88. The summed E-state index contributed by atoms with van der Waals surface area (Å²) in [6.45, 7) is 7.88. The van der Waals surface area contributed by atoms with Crippen molar-refractivity contribution in [1.82, 2.24) is 19.9 Å². The van der Waals surface area contributed by atoms with Gasteiger partial charge in [-0.05, 0) is 46.2 Å². The topological polar surface area (TPSA) is 128 Å². The molecule has 4 N–H and O–H groups in total. The van der Waals surface area contributed by atoms with Crippen molar-refractivity contribution in [3.8, 4) is 5.75 Å². The molecule has 0 bridgehead atoms. The smallest absolute Gasteiger partial charge is 0.247 e. The van der Waals surface area contributed by atoms with Crippen LogP contribution in [-0.2, 0) is 10.4 Å². The summed E-state index contributed by atoms with van der Waals surface area (Å²) in [7, 11) is 7.35. The number of likely N-dealkylation sites (N-methyl/N-ethyl adjacent to an activating group) is 2. The molecule has 11 nitrogen and oxygen atoms in total. The first kappa shape index (κ1) is 30.2. The van der Waals surface area contributed by atoms with Gasteiger partial charge in [0.2, 0.25) is 17.8 Å². The van der Waals surface area contributed by atoms with Crippen molar-refractivity contribution in [3.05, 3.63) is 60.4 Å². The second-order valence-electron chi connectivity index (χ2n) is 9.74. The van der Waals surface area contributed by atoms with Crippen LogP contribution in [0.3, 0.4) is 0 Å². The van der Waals surface area contributed by atoms with Crippen LogP contribution in [0.25, 0.3) is 0 Å². The van der Waals surface area contributed by atoms with Crippen LogP contribution >= 0.6 is 0 Å². The minimum absolute atomic E-state index is 0.00759. The lowest BCUT2D eigenvalue weighted by atomic mass is 9.96. The normalized spacial score (nSPS) is 11.2. The molecule has 0 saturated heterocycles. The number of aromatic nitrogens is 3. The summed E-state index contributed by atoms with van der Waals surface area (Å²) in [5, 5.41) is 19.1. The first-order valence-electron chi connectivity index (χ1n) is 12.3. The zero-order chi connectivity index (χ0) is 29.6. The summed E-state index contributed by atoms with van der Waals surface area (Å²) in [6.07, 6.45) is 2.39. The Labute approximate surface area is 231 Å². The van der Waals surface area contributed by atoms with E-state index in [2.05, 4.69) is 37.5 Å². The summed E-state index contributed by atoms with van der Waals surface area (Å²) in [4.78, 5) is 28.7. The molecule has 2 aromatic carbocycles. The molecule has 0 fully saturated rings. The molecule has 40 heavy (non-hydrogen) atoms. The summed E-state index contributed by atoms with van der Waals surface area (Å²) in [6, 6.07) is 5.29. The quantitative estimate of drug-likeness (QED) is 0.243. The molecule has 0 aliphatic heterocycles. The fourth-order valence-corrected chi connectivity index (χ4v) is 3.72. The highest BCUT2D eigenvalue weighted by Gasteiger charge is 2.24. The number of methoxy groups -OCH3 is 1. The molecule has 0 unspecified atom stereocenters. The molecule has 0 atom stereocenters. The number of benzene rings is 2. The third-order valence-corrected chi connectivity index (χ3v) is 5.84. The molecular formula is C27H34F2N8O3. The standard InChI is InChI=1S/C27H34F2N8O3/c1-8-24(38)32-20-13-21(23(40-7)14-22(20)37(6)10-9-36(4)5)34-26-31-15-30-25(35-26)33-19-12-18(29)17(28)11-16(19)27(2,3)39/h8,11-15,39H,1,9-10H2,2-7H3,(H,32,38)(H2,30,31,33,34,35). The van der Waals surface area contributed by atoms with Crippen LogP contribution in [0.15, 0.2) is 43.2 Å². The second-order valence-corrected chi connectivity index (χ2v) is 9.74. The Kier molecular flexibility index (Phi) is 9.56. The number of anilines is 6. The number of aliphatic hydroxyl groups is 1. The van der Waals surface area contributed by atoms with E-state index in [0.29, 0.717) is 23.7 Å². The predicted octanol–water partition coefficient (Wildman–Crippen LogP) is 4.00. The summed E-state index contributed by atoms with van der Waals surface area (Å²) in [5.41, 5.74) is 0.369. The van der Waals surface area contributed by atoms with Gasteiger partial charge in [-0.25, -0.2) is 18.7 Å². The highest BCUT2D eigenvalue weighted by Crippen LogP contribution is 2.38. The molecule has 0 radical (unpaired) electrons. The van der Waals surface area contributed by atoms with E-state index in [0.717, 1.165) is 24.4 Å². The fraction of sp³-hybridized carbons (Fsp3) is 0.333. The number of carbonyl (C=O) groups is 1. The minimum Gasteiger partial charge on any atom is -0.494 e. The largest absolute Gasteiger partial charge is 0.494 e. The van der Waals surface area contributed by atoms with Crippen molar-refractivity contribution < 1.29 is 23.4 Å². The third-order valence-electron chi connectivity index (χ3n) is 5.84. The van der Waals surface area contributed by atoms with Crippen LogP contribution in [0.2, 0.25) is 0 Å². The number of nitrogens with one attached hydrogen (secondary N) is 3. The predicted molar refractivity (Wildman–Crippen MR) is 152 cm³/mol. The molecule has 0 spiro atoms. The van der Waals surface area contributed by atoms with Crippen molar-refractivity contribution in [3.63, 3.8) is 0 Å². The molecule has 0 aliphatic rings. The maximum Gasteiger partial charge on any atom is 0.247 e. The summed E-state index contributed by atoms with van der Waals surface area (Å²) in [5.74, 6) is -2.03. The Hall–Kier alpha value is -4.36. The van der Waals surface area contributed by atoms with E-state index < -0.39 is 17.2 Å². The van der Waals surface area contributed by atoms with Gasteiger partial charge in [-0.1, -0.05) is 6.58 Å². The Balaban J connectivity index is 1.97. The maximum atomic E-state index is 14.0. The van der Waals surface area contributed by atoms with Gasteiger partial charge in [0.1, 0.15) is 12.1 Å². The number of carbonyl (C=O) groups excluding carboxylic acids is 1. The van der Waals surface area contributed by atoms with Gasteiger partial charge in [0.15, 0.2) is 11.6 Å². The molecule has 3 rings (SSSR count). The average molecular weight is 557 g/mol. The lowest BCUT2D eigenvalue weighted by molar-refractivity contribution is -0.111. The second kappa shape index (κ2) is 12.7. The molecule has 0 aliphatic carbocycles. The molecule has 13 heteroatoms. The van der Waals surface area contributed by atoms with Gasteiger partial charge in [-0.15, -0.1) is 0 Å². The number of rotatable bonds is 12. The van der Waals surface area contributed by atoms with Crippen molar-refractivity contribution in [2.75, 3.05) is 62.2 Å². The molecular weight excluding hydrogens is 522 g/mol. The summed E-state index contributed by atoms with van der Waals surface area (Å²) >= 11 is 0. The van der Waals surface area contributed by atoms with E-state index in [-0.39, 0.29) is 29.1 Å². The molecule has 0 saturated carbocycles. The molecule has 3 aromatic rings. The van der Waals surface area contributed by atoms with Crippen molar-refractivity contribution in [1.29, 1.82) is 0 Å². The molecule has 1 amide bonds. The summed E-state index contributed by atoms with van der Waals surface area (Å²) < 4.78 is 33.5. The SMILES string of the molecule is C=CC(=O)Nc1cc(Nc2ncnc(Nc3cc(F)c(F)cc3C(C)(C)O)n2)c(OC)cc1N(C)CCN(C)C. The first-order valence-corrected chi connectivity index (χ1v) is 12.3. The van der Waals surface area contributed by atoms with Crippen LogP contribution in [0, 0.1) is 11.6 Å². The van der Waals surface area contributed by atoms with Crippen molar-refractivity contribution >= 4 is 40.6 Å². The van der Waals surface area contributed by atoms with E-state index in [4.69, 9.17) is 4.74 Å². The van der Waals surface area contributed by atoms with Crippen LogP contribution in [0.4, 0.5) is 43.4 Å². The zero-order valence-electron chi connectivity index (χ0n) is 23.3. The van der Waals surface area contributed by atoms with Gasteiger partial charge in [0, 0.05) is 37.8 Å². The Morgan fingerprint density at radius 2 is 1.65 bits per heavy atom. The Morgan fingerprint density at radius 1 is 1.02 bits per heavy atom. The number of hydrogen-bond acceptors (Lipinski definition) is 10. The Morgan fingerprint density at radius 3 is 2.23 bits per heavy atom. The monoisotopic (exact) mass is 556 g/mol. The zero-order valence-corrected chi connectivity index (χ0v) is 23.3. The van der Waals surface area contributed by atoms with Gasteiger partial charge >= 0.3 is 0 Å². The number of hydrogen-bond donors (Lipinski definition) is 4. The number of nitrogens with zero attached hydrogens (tertiary/aromatic N) is 5. The molecule has 1 heterocycles. The van der Waals surface area contributed by atoms with Crippen LogP contribution in [0.1, 0.15) is 19.4 Å². The minimum atomic E-state index is -1.48. The van der Waals surface area contributed by atoms with E-state index in [9.17, 15) is 18.7 Å². The number of ether oxygens (including phenoxy) is 1. The van der Waals surface area contributed by atoms with E-state index in [1.807, 2.05) is 30.9 Å². The fourth-order valence-electron chi connectivity index (χ4n) is 3.72. The lowest BCUT2D eigenvalue weighted by Crippen LogP contribution is -2.29. The Bertz CT molecular complexity index is 1380. The van der Waals surface area contributed by atoms with Crippen LogP contribution in [0.5, 0.6) is 5.75 Å². The maximum absolute atomic E-state index is 14.0. The van der Waals surface area contributed by atoms with Crippen LogP contribution < -0.4 is 25.6 Å². The number of halogens is 2. The van der Waals surface area contributed by atoms with Gasteiger partial charge in [-0.3, -0.25) is 4.79 Å². The third kappa shape index (κ3) is 7.61. The van der Waals surface area contributed by atoms with Gasteiger partial charge in [0.25, 0.3) is 0 Å². The molecule has 214 valence electrons. The molecule has 1 aromatic heterocycles. The van der Waals surface area contributed by atoms with Gasteiger partial charge in [0.05, 0.1) is 35.5 Å².